The van der Waals surface area contributed by atoms with Gasteiger partial charge in [-0.05, 0) is 17.5 Å². The Morgan fingerprint density at radius 1 is 1.36 bits per heavy atom. The Labute approximate surface area is 83.8 Å². The van der Waals surface area contributed by atoms with Crippen LogP contribution in [-0.4, -0.2) is 4.98 Å². The van der Waals surface area contributed by atoms with Gasteiger partial charge in [-0.3, -0.25) is 4.98 Å². The third kappa shape index (κ3) is 0.914. The van der Waals surface area contributed by atoms with E-state index >= 15 is 0 Å². The van der Waals surface area contributed by atoms with Crippen molar-refractivity contribution in [1.82, 2.24) is 4.98 Å². The minimum atomic E-state index is 0.696. The van der Waals surface area contributed by atoms with E-state index in [-0.39, 0.29) is 0 Å². The molecule has 0 aliphatic heterocycles. The molecule has 0 atom stereocenters. The van der Waals surface area contributed by atoms with Crippen molar-refractivity contribution in [2.45, 2.75) is 0 Å². The van der Waals surface area contributed by atoms with E-state index in [0.29, 0.717) is 5.52 Å². The summed E-state index contributed by atoms with van der Waals surface area (Å²) >= 11 is 1.55. The molecule has 4 heteroatoms. The zero-order valence-corrected chi connectivity index (χ0v) is 7.99. The van der Waals surface area contributed by atoms with Gasteiger partial charge in [0.05, 0.1) is 5.39 Å². The number of pyridine rings is 2. The second-order valence-electron chi connectivity index (χ2n) is 3.03. The first-order valence-corrected chi connectivity index (χ1v) is 5.08. The lowest BCUT2D eigenvalue weighted by molar-refractivity contribution is -0.575. The van der Waals surface area contributed by atoms with E-state index in [9.17, 15) is 5.21 Å². The quantitative estimate of drug-likeness (QED) is 0.413. The highest BCUT2D eigenvalue weighted by molar-refractivity contribution is 7.18. The molecule has 0 N–H and O–H groups in total. The fraction of sp³-hybridized carbons (Fsp3) is 0. The maximum Gasteiger partial charge on any atom is 0.236 e. The average Bonchev–Trinajstić information content (AvgIpc) is 2.67. The van der Waals surface area contributed by atoms with E-state index in [2.05, 4.69) is 4.98 Å². The first-order valence-electron chi connectivity index (χ1n) is 4.20. The standard InChI is InChI=1S/C10H6N2OS/c13-12-6-7-2-1-4-11-9(7)10-8(12)3-5-14-10/h1-6H. The largest absolute Gasteiger partial charge is 0.618 e. The minimum absolute atomic E-state index is 0.696. The van der Waals surface area contributed by atoms with Crippen LogP contribution in [0.4, 0.5) is 0 Å². The first-order chi connectivity index (χ1) is 6.86. The van der Waals surface area contributed by atoms with E-state index in [1.165, 1.54) is 0 Å². The molecule has 0 saturated heterocycles. The smallest absolute Gasteiger partial charge is 0.236 e. The summed E-state index contributed by atoms with van der Waals surface area (Å²) in [7, 11) is 0. The monoisotopic (exact) mass is 202 g/mol. The Kier molecular flexibility index (Phi) is 1.46. The Balaban J connectivity index is 2.66. The van der Waals surface area contributed by atoms with Crippen LogP contribution in [0.3, 0.4) is 0 Å². The zero-order valence-electron chi connectivity index (χ0n) is 7.18. The maximum atomic E-state index is 11.5. The van der Waals surface area contributed by atoms with E-state index in [1.54, 1.807) is 23.7 Å². The average molecular weight is 202 g/mol. The second-order valence-corrected chi connectivity index (χ2v) is 3.95. The molecule has 0 bridgehead atoms. The SMILES string of the molecule is [O-][n+]1cc2cccnc2c2sccc21. The van der Waals surface area contributed by atoms with Gasteiger partial charge in [-0.1, -0.05) is 0 Å². The summed E-state index contributed by atoms with van der Waals surface area (Å²) in [6, 6.07) is 5.55. The Hall–Kier alpha value is -1.68. The molecule has 0 spiro atoms. The molecule has 3 rings (SSSR count). The molecule has 0 fully saturated rings. The molecule has 3 nitrogen and oxygen atoms in total. The minimum Gasteiger partial charge on any atom is -0.618 e. The lowest BCUT2D eigenvalue weighted by atomic mass is 10.2. The third-order valence-electron chi connectivity index (χ3n) is 2.19. The van der Waals surface area contributed by atoms with Crippen LogP contribution in [0.15, 0.2) is 36.0 Å². The summed E-state index contributed by atoms with van der Waals surface area (Å²) in [6.07, 6.45) is 3.31. The molecule has 3 aromatic rings. The molecular weight excluding hydrogens is 196 g/mol. The highest BCUT2D eigenvalue weighted by Gasteiger charge is 2.10. The molecule has 14 heavy (non-hydrogen) atoms. The Morgan fingerprint density at radius 2 is 2.29 bits per heavy atom. The molecule has 0 aliphatic rings. The summed E-state index contributed by atoms with van der Waals surface area (Å²) in [5.41, 5.74) is 1.60. The molecule has 0 saturated carbocycles. The van der Waals surface area contributed by atoms with Crippen LogP contribution in [0.25, 0.3) is 21.1 Å². The lowest BCUT2D eigenvalue weighted by Gasteiger charge is -2.00. The number of nitrogens with zero attached hydrogens (tertiary/aromatic N) is 2. The number of aromatic nitrogens is 2. The fourth-order valence-electron chi connectivity index (χ4n) is 1.56. The van der Waals surface area contributed by atoms with Crippen LogP contribution < -0.4 is 4.73 Å². The van der Waals surface area contributed by atoms with Gasteiger partial charge < -0.3 is 5.21 Å². The summed E-state index contributed by atoms with van der Waals surface area (Å²) in [5, 5.41) is 14.3. The maximum absolute atomic E-state index is 11.5. The zero-order chi connectivity index (χ0) is 9.54. The van der Waals surface area contributed by atoms with E-state index in [1.807, 2.05) is 23.6 Å². The van der Waals surface area contributed by atoms with Crippen LogP contribution in [0, 0.1) is 5.21 Å². The van der Waals surface area contributed by atoms with Gasteiger partial charge >= 0.3 is 0 Å². The third-order valence-corrected chi connectivity index (χ3v) is 3.10. The summed E-state index contributed by atoms with van der Waals surface area (Å²) < 4.78 is 1.86. The number of hydrogen-bond acceptors (Lipinski definition) is 3. The van der Waals surface area contributed by atoms with Crippen molar-refractivity contribution in [3.05, 3.63) is 41.2 Å². The molecule has 0 unspecified atom stereocenters. The van der Waals surface area contributed by atoms with Gasteiger partial charge in [0.15, 0.2) is 6.20 Å². The van der Waals surface area contributed by atoms with Crippen molar-refractivity contribution < 1.29 is 4.73 Å². The first kappa shape index (κ1) is 7.70. The predicted molar refractivity (Wildman–Crippen MR) is 56.1 cm³/mol. The molecule has 0 radical (unpaired) electrons. The number of rotatable bonds is 0. The van der Waals surface area contributed by atoms with Crippen LogP contribution in [0.2, 0.25) is 0 Å². The van der Waals surface area contributed by atoms with Crippen molar-refractivity contribution >= 4 is 32.5 Å². The highest BCUT2D eigenvalue weighted by atomic mass is 32.1. The number of fused-ring (bicyclic) bond motifs is 3. The van der Waals surface area contributed by atoms with E-state index in [0.717, 1.165) is 20.3 Å². The summed E-state index contributed by atoms with van der Waals surface area (Å²) in [4.78, 5) is 4.28. The summed E-state index contributed by atoms with van der Waals surface area (Å²) in [6.45, 7) is 0. The van der Waals surface area contributed by atoms with Crippen molar-refractivity contribution in [2.24, 2.45) is 0 Å². The summed E-state index contributed by atoms with van der Waals surface area (Å²) in [5.74, 6) is 0. The van der Waals surface area contributed by atoms with Gasteiger partial charge in [0, 0.05) is 12.3 Å². The lowest BCUT2D eigenvalue weighted by Crippen LogP contribution is -2.25. The Bertz CT molecular complexity index is 618. The fourth-order valence-corrected chi connectivity index (χ4v) is 2.45. The van der Waals surface area contributed by atoms with Gasteiger partial charge in [0.2, 0.25) is 5.52 Å². The number of hydrogen-bond donors (Lipinski definition) is 0. The van der Waals surface area contributed by atoms with Gasteiger partial charge in [-0.15, -0.1) is 11.3 Å². The van der Waals surface area contributed by atoms with E-state index in [4.69, 9.17) is 0 Å². The van der Waals surface area contributed by atoms with Crippen molar-refractivity contribution in [2.75, 3.05) is 0 Å². The van der Waals surface area contributed by atoms with Gasteiger partial charge in [-0.25, -0.2) is 0 Å². The molecule has 0 amide bonds. The van der Waals surface area contributed by atoms with Crippen LogP contribution >= 0.6 is 11.3 Å². The molecule has 0 aromatic carbocycles. The van der Waals surface area contributed by atoms with Crippen LogP contribution in [-0.2, 0) is 0 Å². The number of thiophene rings is 1. The predicted octanol–water partition coefficient (Wildman–Crippen LogP) is 2.08. The van der Waals surface area contributed by atoms with Crippen molar-refractivity contribution in [3.63, 3.8) is 0 Å². The molecule has 3 heterocycles. The molecule has 3 aromatic heterocycles. The normalized spacial score (nSPS) is 11.1. The topological polar surface area (TPSA) is 39.8 Å². The van der Waals surface area contributed by atoms with Crippen molar-refractivity contribution in [3.8, 4) is 0 Å². The molecule has 68 valence electrons. The van der Waals surface area contributed by atoms with Gasteiger partial charge in [0.25, 0.3) is 0 Å². The highest BCUT2D eigenvalue weighted by Crippen LogP contribution is 2.24. The molecule has 0 aliphatic carbocycles. The molecular formula is C10H6N2OS. The van der Waals surface area contributed by atoms with Crippen molar-refractivity contribution in [1.29, 1.82) is 0 Å². The van der Waals surface area contributed by atoms with Gasteiger partial charge in [-0.2, -0.15) is 4.73 Å². The van der Waals surface area contributed by atoms with Crippen LogP contribution in [0.1, 0.15) is 0 Å². The second kappa shape index (κ2) is 2.65. The van der Waals surface area contributed by atoms with Crippen LogP contribution in [0.5, 0.6) is 0 Å². The van der Waals surface area contributed by atoms with Gasteiger partial charge in [0.1, 0.15) is 10.2 Å². The Morgan fingerprint density at radius 3 is 3.21 bits per heavy atom. The van der Waals surface area contributed by atoms with E-state index < -0.39 is 0 Å².